The molecular formula is C11H20BrNO. The van der Waals surface area contributed by atoms with E-state index in [1.54, 1.807) is 0 Å². The number of rotatable bonds is 5. The van der Waals surface area contributed by atoms with Gasteiger partial charge in [0.15, 0.2) is 0 Å². The fraction of sp³-hybridized carbons (Fsp3) is 0.818. The van der Waals surface area contributed by atoms with Gasteiger partial charge in [-0.1, -0.05) is 35.4 Å². The predicted molar refractivity (Wildman–Crippen MR) is 63.4 cm³/mol. The number of hydrogen-bond acceptors (Lipinski definition) is 2. The highest BCUT2D eigenvalue weighted by Gasteiger charge is 2.23. The standard InChI is InChI=1S/C11H20BrNO/c1-9(12)7-14-8-11-5-3-2-4-10(11)6-13/h10-11H,1-8,13H2. The Morgan fingerprint density at radius 3 is 2.57 bits per heavy atom. The second kappa shape index (κ2) is 6.59. The molecule has 1 aliphatic carbocycles. The lowest BCUT2D eigenvalue weighted by atomic mass is 9.80. The van der Waals surface area contributed by atoms with Crippen LogP contribution in [0.2, 0.25) is 0 Å². The second-order valence-electron chi connectivity index (χ2n) is 4.07. The first kappa shape index (κ1) is 12.2. The third-order valence-corrected chi connectivity index (χ3v) is 3.19. The van der Waals surface area contributed by atoms with Crippen molar-refractivity contribution in [3.05, 3.63) is 11.1 Å². The lowest BCUT2D eigenvalue weighted by Gasteiger charge is -2.30. The molecule has 1 fully saturated rings. The molecule has 2 nitrogen and oxygen atoms in total. The van der Waals surface area contributed by atoms with E-state index in [0.29, 0.717) is 18.4 Å². The molecule has 0 heterocycles. The summed E-state index contributed by atoms with van der Waals surface area (Å²) in [6.07, 6.45) is 5.22. The van der Waals surface area contributed by atoms with E-state index in [4.69, 9.17) is 10.5 Å². The van der Waals surface area contributed by atoms with Crippen molar-refractivity contribution >= 4 is 15.9 Å². The first-order chi connectivity index (χ1) is 6.74. The fourth-order valence-electron chi connectivity index (χ4n) is 2.14. The fourth-order valence-corrected chi connectivity index (χ4v) is 2.30. The van der Waals surface area contributed by atoms with Crippen LogP contribution in [0.4, 0.5) is 0 Å². The molecule has 0 aliphatic heterocycles. The Hall–Kier alpha value is 0.140. The van der Waals surface area contributed by atoms with E-state index >= 15 is 0 Å². The van der Waals surface area contributed by atoms with Gasteiger partial charge in [-0.05, 0) is 31.2 Å². The Labute approximate surface area is 95.0 Å². The molecule has 0 saturated heterocycles. The Morgan fingerprint density at radius 2 is 2.00 bits per heavy atom. The highest BCUT2D eigenvalue weighted by atomic mass is 79.9. The van der Waals surface area contributed by atoms with Gasteiger partial charge in [-0.2, -0.15) is 0 Å². The third-order valence-electron chi connectivity index (χ3n) is 2.96. The monoisotopic (exact) mass is 261 g/mol. The van der Waals surface area contributed by atoms with Crippen LogP contribution in [0.25, 0.3) is 0 Å². The minimum atomic E-state index is 0.619. The molecule has 82 valence electrons. The van der Waals surface area contributed by atoms with Crippen molar-refractivity contribution in [2.75, 3.05) is 19.8 Å². The maximum absolute atomic E-state index is 5.74. The molecule has 0 aromatic heterocycles. The van der Waals surface area contributed by atoms with Gasteiger partial charge in [-0.15, -0.1) is 0 Å². The van der Waals surface area contributed by atoms with Gasteiger partial charge in [0, 0.05) is 4.48 Å². The first-order valence-electron chi connectivity index (χ1n) is 5.35. The summed E-state index contributed by atoms with van der Waals surface area (Å²) in [6.45, 7) is 6.01. The molecule has 2 atom stereocenters. The molecule has 0 aromatic rings. The average Bonchev–Trinajstić information content (AvgIpc) is 2.18. The Morgan fingerprint density at radius 1 is 1.36 bits per heavy atom. The van der Waals surface area contributed by atoms with E-state index in [-0.39, 0.29) is 0 Å². The van der Waals surface area contributed by atoms with E-state index in [2.05, 4.69) is 22.5 Å². The molecule has 2 unspecified atom stereocenters. The minimum absolute atomic E-state index is 0.619. The van der Waals surface area contributed by atoms with Crippen LogP contribution in [0.1, 0.15) is 25.7 Å². The SMILES string of the molecule is C=C(Br)COCC1CCCCC1CN. The van der Waals surface area contributed by atoms with E-state index in [1.165, 1.54) is 25.7 Å². The molecule has 0 bridgehead atoms. The van der Waals surface area contributed by atoms with Gasteiger partial charge in [0.25, 0.3) is 0 Å². The molecule has 0 aromatic carbocycles. The maximum Gasteiger partial charge on any atom is 0.0775 e. The van der Waals surface area contributed by atoms with Crippen molar-refractivity contribution in [3.63, 3.8) is 0 Å². The number of halogens is 1. The first-order valence-corrected chi connectivity index (χ1v) is 6.14. The summed E-state index contributed by atoms with van der Waals surface area (Å²) >= 11 is 3.29. The Balaban J connectivity index is 2.22. The topological polar surface area (TPSA) is 35.2 Å². The van der Waals surface area contributed by atoms with Gasteiger partial charge < -0.3 is 10.5 Å². The number of nitrogens with two attached hydrogens (primary N) is 1. The van der Waals surface area contributed by atoms with Crippen LogP contribution in [0.15, 0.2) is 11.1 Å². The molecular weight excluding hydrogens is 242 g/mol. The van der Waals surface area contributed by atoms with Gasteiger partial charge in [0.05, 0.1) is 13.2 Å². The average molecular weight is 262 g/mol. The summed E-state index contributed by atoms with van der Waals surface area (Å²) in [5.74, 6) is 1.34. The van der Waals surface area contributed by atoms with Crippen molar-refractivity contribution in [2.45, 2.75) is 25.7 Å². The van der Waals surface area contributed by atoms with Gasteiger partial charge in [0.1, 0.15) is 0 Å². The predicted octanol–water partition coefficient (Wildman–Crippen LogP) is 2.68. The van der Waals surface area contributed by atoms with Crippen LogP contribution >= 0.6 is 15.9 Å². The summed E-state index contributed by atoms with van der Waals surface area (Å²) < 4.78 is 6.48. The van der Waals surface area contributed by atoms with Gasteiger partial charge in [-0.25, -0.2) is 0 Å². The lowest BCUT2D eigenvalue weighted by Crippen LogP contribution is -2.30. The summed E-state index contributed by atoms with van der Waals surface area (Å²) in [5.41, 5.74) is 5.74. The van der Waals surface area contributed by atoms with Crippen LogP contribution in [-0.2, 0) is 4.74 Å². The highest BCUT2D eigenvalue weighted by Crippen LogP contribution is 2.29. The zero-order valence-electron chi connectivity index (χ0n) is 8.68. The van der Waals surface area contributed by atoms with Crippen LogP contribution in [0, 0.1) is 11.8 Å². The van der Waals surface area contributed by atoms with E-state index < -0.39 is 0 Å². The molecule has 0 spiro atoms. The van der Waals surface area contributed by atoms with Gasteiger partial charge >= 0.3 is 0 Å². The molecule has 1 aliphatic rings. The largest absolute Gasteiger partial charge is 0.376 e. The van der Waals surface area contributed by atoms with E-state index in [0.717, 1.165) is 17.6 Å². The Kier molecular flexibility index (Phi) is 5.75. The van der Waals surface area contributed by atoms with Crippen LogP contribution in [-0.4, -0.2) is 19.8 Å². The van der Waals surface area contributed by atoms with Crippen LogP contribution in [0.5, 0.6) is 0 Å². The zero-order valence-corrected chi connectivity index (χ0v) is 10.3. The van der Waals surface area contributed by atoms with Crippen molar-refractivity contribution in [1.29, 1.82) is 0 Å². The molecule has 1 rings (SSSR count). The highest BCUT2D eigenvalue weighted by molar-refractivity contribution is 9.11. The molecule has 3 heteroatoms. The smallest absolute Gasteiger partial charge is 0.0775 e. The summed E-state index contributed by atoms with van der Waals surface area (Å²) in [7, 11) is 0. The molecule has 0 amide bonds. The van der Waals surface area contributed by atoms with Gasteiger partial charge in [-0.3, -0.25) is 0 Å². The summed E-state index contributed by atoms with van der Waals surface area (Å²) in [4.78, 5) is 0. The zero-order chi connectivity index (χ0) is 10.4. The summed E-state index contributed by atoms with van der Waals surface area (Å²) in [5, 5.41) is 0. The van der Waals surface area contributed by atoms with Crippen molar-refractivity contribution in [1.82, 2.24) is 0 Å². The van der Waals surface area contributed by atoms with E-state index in [1.807, 2.05) is 0 Å². The molecule has 0 radical (unpaired) electrons. The van der Waals surface area contributed by atoms with Crippen molar-refractivity contribution in [3.8, 4) is 0 Å². The number of ether oxygens (including phenoxy) is 1. The third kappa shape index (κ3) is 4.11. The van der Waals surface area contributed by atoms with Crippen molar-refractivity contribution < 1.29 is 4.74 Å². The minimum Gasteiger partial charge on any atom is -0.376 e. The summed E-state index contributed by atoms with van der Waals surface area (Å²) in [6, 6.07) is 0. The lowest BCUT2D eigenvalue weighted by molar-refractivity contribution is 0.0764. The van der Waals surface area contributed by atoms with Crippen molar-refractivity contribution in [2.24, 2.45) is 17.6 Å². The van der Waals surface area contributed by atoms with Gasteiger partial charge in [0.2, 0.25) is 0 Å². The molecule has 1 saturated carbocycles. The molecule has 2 N–H and O–H groups in total. The normalized spacial score (nSPS) is 27.6. The maximum atomic E-state index is 5.74. The Bertz CT molecular complexity index is 184. The molecule has 14 heavy (non-hydrogen) atoms. The number of hydrogen-bond donors (Lipinski definition) is 1. The quantitative estimate of drug-likeness (QED) is 0.826. The second-order valence-corrected chi connectivity index (χ2v) is 5.19. The van der Waals surface area contributed by atoms with Crippen LogP contribution in [0.3, 0.4) is 0 Å². The van der Waals surface area contributed by atoms with E-state index in [9.17, 15) is 0 Å². The van der Waals surface area contributed by atoms with Crippen LogP contribution < -0.4 is 5.73 Å².